The number of Topliss-reactive ketones (excluding diaryl/α,β-unsaturated/α-hetero) is 1. The third-order valence-electron chi connectivity index (χ3n) is 2.82. The lowest BCUT2D eigenvalue weighted by Gasteiger charge is -2.09. The number of carbonyl (C=O) groups excluding carboxylic acids is 1. The van der Waals surface area contributed by atoms with Gasteiger partial charge in [-0.05, 0) is 18.1 Å². The third kappa shape index (κ3) is 3.20. The van der Waals surface area contributed by atoms with Crippen molar-refractivity contribution in [3.8, 4) is 5.88 Å². The maximum Gasteiger partial charge on any atom is 0.224 e. The summed E-state index contributed by atoms with van der Waals surface area (Å²) in [6.07, 6.45) is 3.26. The van der Waals surface area contributed by atoms with Crippen molar-refractivity contribution < 1.29 is 9.53 Å². The van der Waals surface area contributed by atoms with Gasteiger partial charge in [0.15, 0.2) is 5.78 Å². The molecule has 0 unspecified atom stereocenters. The maximum atomic E-state index is 12.3. The first-order chi connectivity index (χ1) is 9.61. The molecule has 0 radical (unpaired) electrons. The molecular formula is C14H18N4O2. The molecule has 2 rings (SSSR count). The van der Waals surface area contributed by atoms with E-state index in [1.54, 1.807) is 23.0 Å². The average molecular weight is 274 g/mol. The van der Waals surface area contributed by atoms with Crippen LogP contribution in [0.3, 0.4) is 0 Å². The minimum atomic E-state index is -0.0760. The fourth-order valence-corrected chi connectivity index (χ4v) is 1.93. The van der Waals surface area contributed by atoms with Crippen LogP contribution >= 0.6 is 0 Å². The normalized spacial score (nSPS) is 10.8. The van der Waals surface area contributed by atoms with Gasteiger partial charge in [-0.1, -0.05) is 13.8 Å². The number of aromatic nitrogens is 4. The highest BCUT2D eigenvalue weighted by atomic mass is 16.5. The minimum absolute atomic E-state index is 0.0760. The zero-order valence-electron chi connectivity index (χ0n) is 11.9. The number of ether oxygens (including phenoxy) is 1. The molecule has 6 nitrogen and oxygen atoms in total. The third-order valence-corrected chi connectivity index (χ3v) is 2.82. The van der Waals surface area contributed by atoms with E-state index >= 15 is 0 Å². The molecule has 0 fully saturated rings. The Hall–Kier alpha value is -2.24. The highest BCUT2D eigenvalue weighted by molar-refractivity contribution is 5.99. The van der Waals surface area contributed by atoms with Crippen LogP contribution in [0, 0.1) is 5.92 Å². The van der Waals surface area contributed by atoms with E-state index in [1.165, 1.54) is 13.4 Å². The molecule has 0 saturated carbocycles. The molecule has 20 heavy (non-hydrogen) atoms. The fraction of sp³-hybridized carbons (Fsp3) is 0.429. The van der Waals surface area contributed by atoms with Gasteiger partial charge < -0.3 is 4.74 Å². The van der Waals surface area contributed by atoms with Crippen molar-refractivity contribution in [3.63, 3.8) is 0 Å². The highest BCUT2D eigenvalue weighted by Gasteiger charge is 2.16. The van der Waals surface area contributed by atoms with E-state index in [-0.39, 0.29) is 12.2 Å². The number of pyridine rings is 1. The highest BCUT2D eigenvalue weighted by Crippen LogP contribution is 2.16. The molecule has 0 N–H and O–H groups in total. The van der Waals surface area contributed by atoms with Crippen molar-refractivity contribution in [2.75, 3.05) is 7.11 Å². The average Bonchev–Trinajstić information content (AvgIpc) is 2.85. The smallest absolute Gasteiger partial charge is 0.224 e. The van der Waals surface area contributed by atoms with Crippen LogP contribution in [0.15, 0.2) is 24.7 Å². The van der Waals surface area contributed by atoms with E-state index < -0.39 is 0 Å². The Morgan fingerprint density at radius 1 is 1.40 bits per heavy atom. The van der Waals surface area contributed by atoms with Crippen molar-refractivity contribution in [1.29, 1.82) is 0 Å². The first-order valence-electron chi connectivity index (χ1n) is 6.50. The van der Waals surface area contributed by atoms with Crippen molar-refractivity contribution in [2.24, 2.45) is 5.92 Å². The lowest BCUT2D eigenvalue weighted by atomic mass is 10.1. The molecule has 2 aromatic rings. The van der Waals surface area contributed by atoms with Gasteiger partial charge >= 0.3 is 0 Å². The SMILES string of the molecule is COc1ncccc1C(=O)Cc1ncnn1CC(C)C. The van der Waals surface area contributed by atoms with Crippen LogP contribution in [0.1, 0.15) is 30.0 Å². The molecule has 2 heterocycles. The van der Waals surface area contributed by atoms with Crippen molar-refractivity contribution in [1.82, 2.24) is 19.7 Å². The summed E-state index contributed by atoms with van der Waals surface area (Å²) in [4.78, 5) is 20.5. The number of hydrogen-bond donors (Lipinski definition) is 0. The molecular weight excluding hydrogens is 256 g/mol. The summed E-state index contributed by atoms with van der Waals surface area (Å²) >= 11 is 0. The molecule has 0 aliphatic carbocycles. The Morgan fingerprint density at radius 3 is 2.90 bits per heavy atom. The van der Waals surface area contributed by atoms with Crippen LogP contribution in [0.25, 0.3) is 0 Å². The second-order valence-electron chi connectivity index (χ2n) is 4.91. The molecule has 0 aliphatic heterocycles. The molecule has 106 valence electrons. The quantitative estimate of drug-likeness (QED) is 0.751. The Labute approximate surface area is 117 Å². The lowest BCUT2D eigenvalue weighted by molar-refractivity contribution is 0.0985. The predicted molar refractivity (Wildman–Crippen MR) is 73.7 cm³/mol. The minimum Gasteiger partial charge on any atom is -0.480 e. The fourth-order valence-electron chi connectivity index (χ4n) is 1.93. The standard InChI is InChI=1S/C14H18N4O2/c1-10(2)8-18-13(16-9-17-18)7-12(19)11-5-4-6-15-14(11)20-3/h4-6,9-10H,7-8H2,1-3H3. The first-order valence-corrected chi connectivity index (χ1v) is 6.50. The van der Waals surface area contributed by atoms with Crippen molar-refractivity contribution in [3.05, 3.63) is 36.0 Å². The summed E-state index contributed by atoms with van der Waals surface area (Å²) in [5.74, 6) is 1.37. The molecule has 0 amide bonds. The second kappa shape index (κ2) is 6.27. The number of nitrogens with zero attached hydrogens (tertiary/aromatic N) is 4. The Balaban J connectivity index is 2.18. The van der Waals surface area contributed by atoms with Crippen LogP contribution in [0.4, 0.5) is 0 Å². The van der Waals surface area contributed by atoms with Gasteiger partial charge in [0.05, 0.1) is 19.1 Å². The number of carbonyl (C=O) groups is 1. The predicted octanol–water partition coefficient (Wildman–Crippen LogP) is 1.76. The van der Waals surface area contributed by atoms with Gasteiger partial charge in [-0.25, -0.2) is 14.6 Å². The monoisotopic (exact) mass is 274 g/mol. The molecule has 6 heteroatoms. The van der Waals surface area contributed by atoms with Crippen molar-refractivity contribution in [2.45, 2.75) is 26.8 Å². The van der Waals surface area contributed by atoms with E-state index in [0.717, 1.165) is 6.54 Å². The molecule has 0 atom stereocenters. The summed E-state index contributed by atoms with van der Waals surface area (Å²) in [7, 11) is 1.50. The van der Waals surface area contributed by atoms with Gasteiger partial charge in [-0.3, -0.25) is 4.79 Å². The second-order valence-corrected chi connectivity index (χ2v) is 4.91. The van der Waals surface area contributed by atoms with Crippen LogP contribution in [-0.2, 0) is 13.0 Å². The van der Waals surface area contributed by atoms with Crippen LogP contribution in [-0.4, -0.2) is 32.6 Å². The van der Waals surface area contributed by atoms with Crippen LogP contribution in [0.2, 0.25) is 0 Å². The van der Waals surface area contributed by atoms with E-state index in [1.807, 2.05) is 0 Å². The summed E-state index contributed by atoms with van der Waals surface area (Å²) in [5, 5.41) is 4.15. The van der Waals surface area contributed by atoms with E-state index in [0.29, 0.717) is 23.2 Å². The van der Waals surface area contributed by atoms with Gasteiger partial charge in [-0.2, -0.15) is 5.10 Å². The van der Waals surface area contributed by atoms with Crippen LogP contribution in [0.5, 0.6) is 5.88 Å². The van der Waals surface area contributed by atoms with Gasteiger partial charge in [0.25, 0.3) is 0 Å². The number of hydrogen-bond acceptors (Lipinski definition) is 5. The molecule has 0 aliphatic rings. The van der Waals surface area contributed by atoms with Gasteiger partial charge in [0, 0.05) is 12.7 Å². The van der Waals surface area contributed by atoms with E-state index in [2.05, 4.69) is 28.9 Å². The molecule has 0 aromatic carbocycles. The molecule has 0 bridgehead atoms. The number of rotatable bonds is 6. The van der Waals surface area contributed by atoms with Crippen LogP contribution < -0.4 is 4.74 Å². The first kappa shape index (κ1) is 14.2. The van der Waals surface area contributed by atoms with Gasteiger partial charge in [0.1, 0.15) is 12.2 Å². The molecule has 0 spiro atoms. The lowest BCUT2D eigenvalue weighted by Crippen LogP contribution is -2.15. The summed E-state index contributed by atoms with van der Waals surface area (Å²) < 4.78 is 6.87. The Kier molecular flexibility index (Phi) is 4.45. The zero-order valence-corrected chi connectivity index (χ0v) is 11.9. The molecule has 2 aromatic heterocycles. The molecule has 0 saturated heterocycles. The summed E-state index contributed by atoms with van der Waals surface area (Å²) in [6.45, 7) is 4.93. The zero-order chi connectivity index (χ0) is 14.5. The van der Waals surface area contributed by atoms with Crippen molar-refractivity contribution >= 4 is 5.78 Å². The topological polar surface area (TPSA) is 69.9 Å². The number of methoxy groups -OCH3 is 1. The summed E-state index contributed by atoms with van der Waals surface area (Å²) in [5.41, 5.74) is 0.467. The summed E-state index contributed by atoms with van der Waals surface area (Å²) in [6, 6.07) is 3.42. The van der Waals surface area contributed by atoms with E-state index in [9.17, 15) is 4.79 Å². The maximum absolute atomic E-state index is 12.3. The Morgan fingerprint density at radius 2 is 2.20 bits per heavy atom. The number of ketones is 1. The van der Waals surface area contributed by atoms with E-state index in [4.69, 9.17) is 4.74 Å². The van der Waals surface area contributed by atoms with Gasteiger partial charge in [0.2, 0.25) is 5.88 Å². The van der Waals surface area contributed by atoms with Gasteiger partial charge in [-0.15, -0.1) is 0 Å². The largest absolute Gasteiger partial charge is 0.480 e. The Bertz CT molecular complexity index is 592.